The summed E-state index contributed by atoms with van der Waals surface area (Å²) in [6.07, 6.45) is 4.49. The van der Waals surface area contributed by atoms with Crippen molar-refractivity contribution in [2.45, 2.75) is 54.4 Å². The van der Waals surface area contributed by atoms with Crippen LogP contribution in [-0.2, 0) is 9.53 Å². The maximum Gasteiger partial charge on any atom is 0.312 e. The first-order valence-corrected chi connectivity index (χ1v) is 6.69. The van der Waals surface area contributed by atoms with Crippen LogP contribution in [0.3, 0.4) is 0 Å². The molecule has 104 valence electrons. The fourth-order valence-corrected chi connectivity index (χ4v) is 1.92. The molecular weight excluding hydrogens is 224 g/mol. The summed E-state index contributed by atoms with van der Waals surface area (Å²) in [7, 11) is 1.44. The van der Waals surface area contributed by atoms with Gasteiger partial charge in [-0.05, 0) is 53.4 Å². The molecule has 0 aliphatic rings. The molecule has 0 spiro atoms. The molecule has 2 atom stereocenters. The molecular formula is C16H28O2. The molecule has 0 amide bonds. The minimum Gasteiger partial charge on any atom is -0.469 e. The third-order valence-electron chi connectivity index (χ3n) is 3.72. The molecule has 0 aromatic carbocycles. The first-order chi connectivity index (χ1) is 8.31. The van der Waals surface area contributed by atoms with Crippen LogP contribution in [0, 0.1) is 11.8 Å². The molecule has 2 nitrogen and oxygen atoms in total. The maximum atomic E-state index is 11.5. The summed E-state index contributed by atoms with van der Waals surface area (Å²) in [5.41, 5.74) is 3.82. The lowest BCUT2D eigenvalue weighted by atomic mass is 9.88. The van der Waals surface area contributed by atoms with E-state index in [2.05, 4.69) is 33.8 Å². The van der Waals surface area contributed by atoms with Crippen molar-refractivity contribution in [2.75, 3.05) is 7.11 Å². The summed E-state index contributed by atoms with van der Waals surface area (Å²) >= 11 is 0. The van der Waals surface area contributed by atoms with Crippen molar-refractivity contribution in [2.24, 2.45) is 11.8 Å². The fraction of sp³-hybridized carbons (Fsp3) is 0.688. The summed E-state index contributed by atoms with van der Waals surface area (Å²) in [6.45, 7) is 12.5. The van der Waals surface area contributed by atoms with Crippen molar-refractivity contribution in [3.05, 3.63) is 22.8 Å². The molecule has 0 aliphatic heterocycles. The van der Waals surface area contributed by atoms with E-state index in [9.17, 15) is 4.79 Å². The first-order valence-electron chi connectivity index (χ1n) is 6.69. The zero-order valence-electron chi connectivity index (χ0n) is 13.0. The van der Waals surface area contributed by atoms with Crippen molar-refractivity contribution in [3.8, 4) is 0 Å². The predicted octanol–water partition coefficient (Wildman–Crippen LogP) is 4.51. The molecule has 0 N–H and O–H groups in total. The van der Waals surface area contributed by atoms with Crippen LogP contribution in [0.5, 0.6) is 0 Å². The van der Waals surface area contributed by atoms with Gasteiger partial charge < -0.3 is 4.74 Å². The Morgan fingerprint density at radius 3 is 2.11 bits per heavy atom. The number of methoxy groups -OCH3 is 1. The standard InChI is InChI=1S/C16H28O2/c1-11(2)9-8-10-12(3)13(4)14(5)15(6)16(17)18-7/h9,12,15H,8,10H2,1-7H3/b14-13+. The molecule has 0 saturated carbocycles. The van der Waals surface area contributed by atoms with Gasteiger partial charge in [-0.2, -0.15) is 0 Å². The number of hydrogen-bond acceptors (Lipinski definition) is 2. The topological polar surface area (TPSA) is 26.3 Å². The lowest BCUT2D eigenvalue weighted by Gasteiger charge is -2.18. The summed E-state index contributed by atoms with van der Waals surface area (Å²) in [4.78, 5) is 11.5. The Labute approximate surface area is 112 Å². The number of rotatable bonds is 6. The van der Waals surface area contributed by atoms with Gasteiger partial charge in [-0.1, -0.05) is 29.7 Å². The second kappa shape index (κ2) is 8.12. The monoisotopic (exact) mass is 252 g/mol. The average Bonchev–Trinajstić information content (AvgIpc) is 2.34. The normalized spacial score (nSPS) is 15.5. The highest BCUT2D eigenvalue weighted by Gasteiger charge is 2.18. The van der Waals surface area contributed by atoms with Crippen molar-refractivity contribution in [1.82, 2.24) is 0 Å². The molecule has 2 unspecified atom stereocenters. The third-order valence-corrected chi connectivity index (χ3v) is 3.72. The second-order valence-corrected chi connectivity index (χ2v) is 5.37. The second-order valence-electron chi connectivity index (χ2n) is 5.37. The Morgan fingerprint density at radius 1 is 1.11 bits per heavy atom. The Morgan fingerprint density at radius 2 is 1.67 bits per heavy atom. The van der Waals surface area contributed by atoms with E-state index in [-0.39, 0.29) is 11.9 Å². The van der Waals surface area contributed by atoms with E-state index in [1.54, 1.807) is 0 Å². The minimum absolute atomic E-state index is 0.138. The molecule has 2 heteroatoms. The number of hydrogen-bond donors (Lipinski definition) is 0. The van der Waals surface area contributed by atoms with Gasteiger partial charge in [0.25, 0.3) is 0 Å². The van der Waals surface area contributed by atoms with Crippen molar-refractivity contribution in [1.29, 1.82) is 0 Å². The summed E-state index contributed by atoms with van der Waals surface area (Å²) in [5, 5.41) is 0. The molecule has 0 rings (SSSR count). The van der Waals surface area contributed by atoms with Gasteiger partial charge in [0.15, 0.2) is 0 Å². The van der Waals surface area contributed by atoms with E-state index in [4.69, 9.17) is 4.74 Å². The number of ether oxygens (including phenoxy) is 1. The van der Waals surface area contributed by atoms with Crippen LogP contribution in [-0.4, -0.2) is 13.1 Å². The Bertz CT molecular complexity index is 333. The van der Waals surface area contributed by atoms with Gasteiger partial charge >= 0.3 is 5.97 Å². The summed E-state index contributed by atoms with van der Waals surface area (Å²) in [6, 6.07) is 0. The molecule has 0 aliphatic carbocycles. The van der Waals surface area contributed by atoms with E-state index in [0.29, 0.717) is 5.92 Å². The number of esters is 1. The van der Waals surface area contributed by atoms with Crippen molar-refractivity contribution >= 4 is 5.97 Å². The highest BCUT2D eigenvalue weighted by Crippen LogP contribution is 2.25. The summed E-state index contributed by atoms with van der Waals surface area (Å²) < 4.78 is 4.79. The van der Waals surface area contributed by atoms with Gasteiger partial charge in [0.05, 0.1) is 13.0 Å². The van der Waals surface area contributed by atoms with Gasteiger partial charge in [0, 0.05) is 0 Å². The van der Waals surface area contributed by atoms with E-state index in [1.165, 1.54) is 18.3 Å². The molecule has 0 aromatic heterocycles. The molecule has 18 heavy (non-hydrogen) atoms. The largest absolute Gasteiger partial charge is 0.469 e. The van der Waals surface area contributed by atoms with E-state index in [0.717, 1.165) is 18.4 Å². The van der Waals surface area contributed by atoms with Crippen LogP contribution in [0.4, 0.5) is 0 Å². The molecule has 0 radical (unpaired) electrons. The van der Waals surface area contributed by atoms with Crippen LogP contribution >= 0.6 is 0 Å². The SMILES string of the molecule is COC(=O)C(C)/C(C)=C(\C)C(C)CCC=C(C)C. The zero-order chi connectivity index (χ0) is 14.3. The highest BCUT2D eigenvalue weighted by molar-refractivity contribution is 5.75. The van der Waals surface area contributed by atoms with E-state index >= 15 is 0 Å². The lowest BCUT2D eigenvalue weighted by molar-refractivity contribution is -0.143. The lowest BCUT2D eigenvalue weighted by Crippen LogP contribution is -2.16. The van der Waals surface area contributed by atoms with Crippen LogP contribution in [0.2, 0.25) is 0 Å². The molecule has 0 bridgehead atoms. The number of carbonyl (C=O) groups is 1. The number of allylic oxidation sites excluding steroid dienone is 3. The van der Waals surface area contributed by atoms with Crippen LogP contribution in [0.25, 0.3) is 0 Å². The van der Waals surface area contributed by atoms with Gasteiger partial charge in [0.1, 0.15) is 0 Å². The predicted molar refractivity (Wildman–Crippen MR) is 77.4 cm³/mol. The summed E-state index contributed by atoms with van der Waals surface area (Å²) in [5.74, 6) is 0.219. The Hall–Kier alpha value is -1.05. The van der Waals surface area contributed by atoms with Gasteiger partial charge in [-0.15, -0.1) is 0 Å². The van der Waals surface area contributed by atoms with Crippen LogP contribution in [0.15, 0.2) is 22.8 Å². The third kappa shape index (κ3) is 5.52. The maximum absolute atomic E-state index is 11.5. The van der Waals surface area contributed by atoms with Crippen molar-refractivity contribution < 1.29 is 9.53 Å². The van der Waals surface area contributed by atoms with Gasteiger partial charge in [-0.3, -0.25) is 4.79 Å². The smallest absolute Gasteiger partial charge is 0.312 e. The molecule has 0 fully saturated rings. The first kappa shape index (κ1) is 16.9. The minimum atomic E-state index is -0.150. The Kier molecular flexibility index (Phi) is 7.65. The molecule has 0 heterocycles. The Balaban J connectivity index is 4.63. The van der Waals surface area contributed by atoms with Gasteiger partial charge in [-0.25, -0.2) is 0 Å². The number of carbonyl (C=O) groups excluding carboxylic acids is 1. The fourth-order valence-electron chi connectivity index (χ4n) is 1.92. The van der Waals surface area contributed by atoms with E-state index in [1.807, 2.05) is 13.8 Å². The molecule has 0 aromatic rings. The molecule has 0 saturated heterocycles. The zero-order valence-corrected chi connectivity index (χ0v) is 13.0. The quantitative estimate of drug-likeness (QED) is 0.513. The van der Waals surface area contributed by atoms with Crippen LogP contribution < -0.4 is 0 Å². The van der Waals surface area contributed by atoms with Crippen LogP contribution in [0.1, 0.15) is 54.4 Å². The van der Waals surface area contributed by atoms with Gasteiger partial charge in [0.2, 0.25) is 0 Å². The van der Waals surface area contributed by atoms with E-state index < -0.39 is 0 Å². The highest BCUT2D eigenvalue weighted by atomic mass is 16.5. The van der Waals surface area contributed by atoms with Crippen molar-refractivity contribution in [3.63, 3.8) is 0 Å². The average molecular weight is 252 g/mol.